The lowest BCUT2D eigenvalue weighted by Gasteiger charge is -2.11. The molecule has 0 spiro atoms. The number of nitrogens with two attached hydrogens (primary N) is 1. The third-order valence-electron chi connectivity index (χ3n) is 2.23. The molecule has 0 saturated heterocycles. The van der Waals surface area contributed by atoms with Gasteiger partial charge in [0.05, 0.1) is 0 Å². The van der Waals surface area contributed by atoms with Crippen LogP contribution in [0.1, 0.15) is 26.2 Å². The maximum Gasteiger partial charge on any atom is 0.0262 e. The minimum Gasteiger partial charge on any atom is -0.324 e. The minimum atomic E-state index is 0.243. The van der Waals surface area contributed by atoms with Crippen LogP contribution in [0.2, 0.25) is 0 Å². The van der Waals surface area contributed by atoms with E-state index in [0.29, 0.717) is 0 Å². The van der Waals surface area contributed by atoms with Crippen molar-refractivity contribution in [3.05, 3.63) is 23.8 Å². The van der Waals surface area contributed by atoms with Crippen LogP contribution in [-0.2, 0) is 0 Å². The summed E-state index contributed by atoms with van der Waals surface area (Å²) in [5.41, 5.74) is 7.15. The molecule has 13 heavy (non-hydrogen) atoms. The Kier molecular flexibility index (Phi) is 4.79. The van der Waals surface area contributed by atoms with Gasteiger partial charge >= 0.3 is 0 Å². The van der Waals surface area contributed by atoms with E-state index in [1.165, 1.54) is 12.0 Å². The lowest BCUT2D eigenvalue weighted by Crippen LogP contribution is -2.19. The van der Waals surface area contributed by atoms with E-state index in [1.807, 2.05) is 0 Å². The van der Waals surface area contributed by atoms with Crippen molar-refractivity contribution in [2.75, 3.05) is 13.1 Å². The fourth-order valence-corrected chi connectivity index (χ4v) is 1.40. The van der Waals surface area contributed by atoms with E-state index in [9.17, 15) is 0 Å². The highest BCUT2D eigenvalue weighted by molar-refractivity contribution is 5.24. The standard InChI is InChI=1S/C11H20N2/c1-2-8-13-9-7-10-3-5-11(12)6-4-10/h3-5,11,13H,2,6-9,12H2,1H3. The van der Waals surface area contributed by atoms with E-state index in [-0.39, 0.29) is 6.04 Å². The van der Waals surface area contributed by atoms with Crippen LogP contribution in [-0.4, -0.2) is 19.1 Å². The molecule has 0 amide bonds. The summed E-state index contributed by atoms with van der Waals surface area (Å²) in [4.78, 5) is 0. The van der Waals surface area contributed by atoms with Crippen molar-refractivity contribution >= 4 is 0 Å². The van der Waals surface area contributed by atoms with Crippen LogP contribution in [0, 0.1) is 0 Å². The zero-order valence-corrected chi connectivity index (χ0v) is 8.42. The second-order valence-corrected chi connectivity index (χ2v) is 3.54. The third kappa shape index (κ3) is 4.25. The predicted molar refractivity (Wildman–Crippen MR) is 57.6 cm³/mol. The molecule has 1 aliphatic rings. The van der Waals surface area contributed by atoms with E-state index in [0.717, 1.165) is 25.9 Å². The fourth-order valence-electron chi connectivity index (χ4n) is 1.40. The Morgan fingerprint density at radius 1 is 1.54 bits per heavy atom. The molecular weight excluding hydrogens is 160 g/mol. The second-order valence-electron chi connectivity index (χ2n) is 3.54. The number of allylic oxidation sites excluding steroid dienone is 1. The van der Waals surface area contributed by atoms with E-state index < -0.39 is 0 Å². The SMILES string of the molecule is CCCNCCC1=CCC(N)C=C1. The van der Waals surface area contributed by atoms with Gasteiger partial charge < -0.3 is 11.1 Å². The summed E-state index contributed by atoms with van der Waals surface area (Å²) in [6.45, 7) is 4.39. The molecule has 1 unspecified atom stereocenters. The summed E-state index contributed by atoms with van der Waals surface area (Å²) in [5, 5.41) is 3.39. The summed E-state index contributed by atoms with van der Waals surface area (Å²) in [7, 11) is 0. The van der Waals surface area contributed by atoms with Gasteiger partial charge in [0.15, 0.2) is 0 Å². The first-order valence-electron chi connectivity index (χ1n) is 5.16. The van der Waals surface area contributed by atoms with Gasteiger partial charge in [0.2, 0.25) is 0 Å². The molecule has 0 radical (unpaired) electrons. The van der Waals surface area contributed by atoms with Gasteiger partial charge in [-0.15, -0.1) is 0 Å². The Balaban J connectivity index is 2.12. The smallest absolute Gasteiger partial charge is 0.0262 e. The van der Waals surface area contributed by atoms with E-state index in [4.69, 9.17) is 5.73 Å². The third-order valence-corrected chi connectivity index (χ3v) is 2.23. The van der Waals surface area contributed by atoms with Gasteiger partial charge in [0.1, 0.15) is 0 Å². The molecule has 74 valence electrons. The Bertz CT molecular complexity index is 194. The van der Waals surface area contributed by atoms with Crippen molar-refractivity contribution in [1.29, 1.82) is 0 Å². The van der Waals surface area contributed by atoms with Crippen LogP contribution in [0.4, 0.5) is 0 Å². The summed E-state index contributed by atoms with van der Waals surface area (Å²) >= 11 is 0. The average Bonchev–Trinajstić information content (AvgIpc) is 2.15. The normalized spacial score (nSPS) is 21.7. The van der Waals surface area contributed by atoms with Gasteiger partial charge in [-0.1, -0.05) is 30.7 Å². The van der Waals surface area contributed by atoms with E-state index >= 15 is 0 Å². The molecule has 0 bridgehead atoms. The second kappa shape index (κ2) is 5.95. The summed E-state index contributed by atoms with van der Waals surface area (Å²) < 4.78 is 0. The Morgan fingerprint density at radius 3 is 3.00 bits per heavy atom. The van der Waals surface area contributed by atoms with Crippen LogP contribution in [0.3, 0.4) is 0 Å². The molecule has 0 aromatic rings. The van der Waals surface area contributed by atoms with Gasteiger partial charge in [0.25, 0.3) is 0 Å². The predicted octanol–water partition coefficient (Wildman–Crippen LogP) is 1.59. The minimum absolute atomic E-state index is 0.243. The number of rotatable bonds is 5. The maximum atomic E-state index is 5.73. The van der Waals surface area contributed by atoms with Crippen LogP contribution in [0.5, 0.6) is 0 Å². The Hall–Kier alpha value is -0.600. The molecule has 0 aromatic heterocycles. The first-order chi connectivity index (χ1) is 6.33. The Labute approximate surface area is 80.9 Å². The number of nitrogens with one attached hydrogen (secondary N) is 1. The van der Waals surface area contributed by atoms with Crippen LogP contribution in [0.25, 0.3) is 0 Å². The highest BCUT2D eigenvalue weighted by atomic mass is 14.8. The largest absolute Gasteiger partial charge is 0.324 e. The van der Waals surface area contributed by atoms with Gasteiger partial charge in [-0.2, -0.15) is 0 Å². The van der Waals surface area contributed by atoms with Crippen molar-refractivity contribution in [2.24, 2.45) is 5.73 Å². The highest BCUT2D eigenvalue weighted by Crippen LogP contribution is 2.11. The zero-order valence-electron chi connectivity index (χ0n) is 8.42. The van der Waals surface area contributed by atoms with Crippen molar-refractivity contribution in [1.82, 2.24) is 5.32 Å². The highest BCUT2D eigenvalue weighted by Gasteiger charge is 2.02. The molecular formula is C11H20N2. The molecule has 2 heteroatoms. The molecule has 0 fully saturated rings. The average molecular weight is 180 g/mol. The van der Waals surface area contributed by atoms with Gasteiger partial charge in [0, 0.05) is 6.04 Å². The molecule has 1 rings (SSSR count). The van der Waals surface area contributed by atoms with Crippen molar-refractivity contribution in [3.8, 4) is 0 Å². The van der Waals surface area contributed by atoms with Crippen molar-refractivity contribution in [2.45, 2.75) is 32.2 Å². The van der Waals surface area contributed by atoms with E-state index in [2.05, 4.69) is 30.5 Å². The number of hydrogen-bond acceptors (Lipinski definition) is 2. The lowest BCUT2D eigenvalue weighted by molar-refractivity contribution is 0.668. The lowest BCUT2D eigenvalue weighted by atomic mass is 10.0. The first kappa shape index (κ1) is 10.5. The van der Waals surface area contributed by atoms with Crippen molar-refractivity contribution in [3.63, 3.8) is 0 Å². The summed E-state index contributed by atoms with van der Waals surface area (Å²) in [6, 6.07) is 0.243. The van der Waals surface area contributed by atoms with Crippen LogP contribution >= 0.6 is 0 Å². The molecule has 0 heterocycles. The molecule has 0 saturated carbocycles. The fraction of sp³-hybridized carbons (Fsp3) is 0.636. The van der Waals surface area contributed by atoms with Gasteiger partial charge in [-0.05, 0) is 32.4 Å². The molecule has 2 nitrogen and oxygen atoms in total. The quantitative estimate of drug-likeness (QED) is 0.631. The molecule has 0 aliphatic heterocycles. The van der Waals surface area contributed by atoms with Gasteiger partial charge in [-0.3, -0.25) is 0 Å². The molecule has 1 atom stereocenters. The monoisotopic (exact) mass is 180 g/mol. The first-order valence-corrected chi connectivity index (χ1v) is 5.16. The topological polar surface area (TPSA) is 38.0 Å². The summed E-state index contributed by atoms with van der Waals surface area (Å²) in [5.74, 6) is 0. The van der Waals surface area contributed by atoms with Crippen LogP contribution < -0.4 is 11.1 Å². The molecule has 1 aliphatic carbocycles. The zero-order chi connectivity index (χ0) is 9.52. The molecule has 3 N–H and O–H groups in total. The molecule has 0 aromatic carbocycles. The number of hydrogen-bond donors (Lipinski definition) is 2. The maximum absolute atomic E-state index is 5.73. The van der Waals surface area contributed by atoms with Gasteiger partial charge in [-0.25, -0.2) is 0 Å². The van der Waals surface area contributed by atoms with Crippen LogP contribution in [0.15, 0.2) is 23.8 Å². The Morgan fingerprint density at radius 2 is 2.38 bits per heavy atom. The van der Waals surface area contributed by atoms with Crippen molar-refractivity contribution < 1.29 is 0 Å². The van der Waals surface area contributed by atoms with E-state index in [1.54, 1.807) is 0 Å². The summed E-state index contributed by atoms with van der Waals surface area (Å²) in [6.07, 6.45) is 9.83.